The Labute approximate surface area is 105 Å². The molecule has 2 rings (SSSR count). The lowest BCUT2D eigenvalue weighted by molar-refractivity contribution is 0.664. The lowest BCUT2D eigenvalue weighted by Crippen LogP contribution is -2.31. The summed E-state index contributed by atoms with van der Waals surface area (Å²) in [6.07, 6.45) is 6.70. The summed E-state index contributed by atoms with van der Waals surface area (Å²) >= 11 is 5.86. The average molecular weight is 252 g/mol. The van der Waals surface area contributed by atoms with Crippen LogP contribution in [0, 0.1) is 0 Å². The van der Waals surface area contributed by atoms with E-state index in [0.29, 0.717) is 17.7 Å². The molecule has 17 heavy (non-hydrogen) atoms. The van der Waals surface area contributed by atoms with Crippen LogP contribution in [0.1, 0.15) is 19.5 Å². The van der Waals surface area contributed by atoms with Crippen LogP contribution in [0.15, 0.2) is 24.9 Å². The number of aromatic nitrogens is 4. The summed E-state index contributed by atoms with van der Waals surface area (Å²) in [7, 11) is 0. The Morgan fingerprint density at radius 3 is 2.71 bits per heavy atom. The number of rotatable bonds is 4. The minimum Gasteiger partial charge on any atom is -0.347 e. The molecule has 0 fully saturated rings. The molecule has 0 aromatic carbocycles. The van der Waals surface area contributed by atoms with Gasteiger partial charge in [-0.3, -0.25) is 4.98 Å². The van der Waals surface area contributed by atoms with Crippen molar-refractivity contribution in [2.45, 2.75) is 26.4 Å². The van der Waals surface area contributed by atoms with Gasteiger partial charge in [0.25, 0.3) is 0 Å². The van der Waals surface area contributed by atoms with Crippen molar-refractivity contribution >= 4 is 17.4 Å². The number of aromatic amines is 1. The second kappa shape index (κ2) is 5.14. The van der Waals surface area contributed by atoms with Crippen LogP contribution in [-0.4, -0.2) is 26.0 Å². The molecule has 0 radical (unpaired) electrons. The highest BCUT2D eigenvalue weighted by atomic mass is 35.5. The number of nitrogens with zero attached hydrogens (tertiary/aromatic N) is 4. The van der Waals surface area contributed by atoms with Gasteiger partial charge >= 0.3 is 0 Å². The zero-order valence-corrected chi connectivity index (χ0v) is 10.5. The summed E-state index contributed by atoms with van der Waals surface area (Å²) in [6.45, 7) is 4.89. The minimum absolute atomic E-state index is 0.297. The molecule has 0 bridgehead atoms. The van der Waals surface area contributed by atoms with Crippen LogP contribution in [-0.2, 0) is 6.54 Å². The summed E-state index contributed by atoms with van der Waals surface area (Å²) in [5.74, 6) is 0.766. The van der Waals surface area contributed by atoms with Gasteiger partial charge in [0, 0.05) is 12.2 Å². The second-order valence-corrected chi connectivity index (χ2v) is 4.39. The van der Waals surface area contributed by atoms with Gasteiger partial charge in [0.1, 0.15) is 11.0 Å². The Hall–Kier alpha value is -1.62. The van der Waals surface area contributed by atoms with Crippen LogP contribution >= 0.6 is 11.6 Å². The largest absolute Gasteiger partial charge is 0.347 e. The smallest absolute Gasteiger partial charge is 0.149 e. The second-order valence-electron chi connectivity index (χ2n) is 4.00. The molecule has 0 amide bonds. The highest BCUT2D eigenvalue weighted by Crippen LogP contribution is 2.17. The Morgan fingerprint density at radius 1 is 1.29 bits per heavy atom. The van der Waals surface area contributed by atoms with E-state index in [-0.39, 0.29) is 0 Å². The summed E-state index contributed by atoms with van der Waals surface area (Å²) in [5, 5.41) is 0.401. The molecule has 2 aromatic rings. The molecule has 2 aromatic heterocycles. The van der Waals surface area contributed by atoms with Crippen LogP contribution in [0.4, 0.5) is 5.82 Å². The predicted molar refractivity (Wildman–Crippen MR) is 66.9 cm³/mol. The Kier molecular flexibility index (Phi) is 3.58. The normalized spacial score (nSPS) is 10.8. The van der Waals surface area contributed by atoms with Gasteiger partial charge in [-0.05, 0) is 13.8 Å². The van der Waals surface area contributed by atoms with Gasteiger partial charge in [0.2, 0.25) is 0 Å². The zero-order valence-electron chi connectivity index (χ0n) is 9.76. The average Bonchev–Trinajstić information content (AvgIpc) is 2.78. The number of halogens is 1. The first-order chi connectivity index (χ1) is 8.16. The fourth-order valence-electron chi connectivity index (χ4n) is 1.55. The van der Waals surface area contributed by atoms with Crippen LogP contribution in [0.2, 0.25) is 5.15 Å². The maximum Gasteiger partial charge on any atom is 0.149 e. The number of H-pyrrole nitrogens is 1. The first-order valence-electron chi connectivity index (χ1n) is 5.38. The van der Waals surface area contributed by atoms with Gasteiger partial charge in [-0.15, -0.1) is 0 Å². The van der Waals surface area contributed by atoms with E-state index in [1.165, 1.54) is 6.20 Å². The zero-order chi connectivity index (χ0) is 12.3. The molecule has 2 heterocycles. The van der Waals surface area contributed by atoms with E-state index in [1.807, 2.05) is 0 Å². The van der Waals surface area contributed by atoms with Gasteiger partial charge < -0.3 is 9.88 Å². The first-order valence-corrected chi connectivity index (χ1v) is 5.76. The maximum atomic E-state index is 5.86. The minimum atomic E-state index is 0.297. The van der Waals surface area contributed by atoms with Gasteiger partial charge in [0.05, 0.1) is 31.0 Å². The molecule has 0 aliphatic carbocycles. The van der Waals surface area contributed by atoms with Crippen molar-refractivity contribution in [2.24, 2.45) is 0 Å². The first kappa shape index (κ1) is 11.9. The summed E-state index contributed by atoms with van der Waals surface area (Å²) < 4.78 is 0. The molecule has 5 nitrogen and oxygen atoms in total. The van der Waals surface area contributed by atoms with Crippen molar-refractivity contribution in [1.29, 1.82) is 0 Å². The van der Waals surface area contributed by atoms with Crippen LogP contribution in [0.25, 0.3) is 0 Å². The number of anilines is 1. The third-order valence-electron chi connectivity index (χ3n) is 2.41. The van der Waals surface area contributed by atoms with Gasteiger partial charge in [-0.1, -0.05) is 11.6 Å². The van der Waals surface area contributed by atoms with E-state index in [2.05, 4.69) is 38.7 Å². The monoisotopic (exact) mass is 251 g/mol. The summed E-state index contributed by atoms with van der Waals surface area (Å²) in [6, 6.07) is 0.297. The maximum absolute atomic E-state index is 5.86. The quantitative estimate of drug-likeness (QED) is 0.906. The number of nitrogens with one attached hydrogen (secondary N) is 1. The van der Waals surface area contributed by atoms with Crippen LogP contribution < -0.4 is 4.90 Å². The van der Waals surface area contributed by atoms with Crippen LogP contribution in [0.5, 0.6) is 0 Å². The summed E-state index contributed by atoms with van der Waals surface area (Å²) in [5.41, 5.74) is 1.03. The Bertz CT molecular complexity index is 468. The molecule has 90 valence electrons. The molecule has 0 aliphatic rings. The molecule has 0 spiro atoms. The van der Waals surface area contributed by atoms with E-state index in [4.69, 9.17) is 11.6 Å². The molecule has 0 saturated heterocycles. The van der Waals surface area contributed by atoms with E-state index < -0.39 is 0 Å². The molecular formula is C11H14ClN5. The number of imidazole rings is 1. The molecule has 6 heteroatoms. The lowest BCUT2D eigenvalue weighted by Gasteiger charge is -2.26. The van der Waals surface area contributed by atoms with Gasteiger partial charge in [-0.2, -0.15) is 0 Å². The molecule has 0 saturated carbocycles. The van der Waals surface area contributed by atoms with Crippen molar-refractivity contribution in [3.05, 3.63) is 35.8 Å². The highest BCUT2D eigenvalue weighted by Gasteiger charge is 2.13. The van der Waals surface area contributed by atoms with Crippen molar-refractivity contribution in [2.75, 3.05) is 4.90 Å². The lowest BCUT2D eigenvalue weighted by atomic mass is 10.3. The molecule has 1 N–H and O–H groups in total. The molecule has 0 aliphatic heterocycles. The SMILES string of the molecule is CC(C)N(Cc1cnc[nH]1)c1cncc(Cl)n1. The van der Waals surface area contributed by atoms with Crippen molar-refractivity contribution in [3.63, 3.8) is 0 Å². The third kappa shape index (κ3) is 2.94. The molecular weight excluding hydrogens is 238 g/mol. The third-order valence-corrected chi connectivity index (χ3v) is 2.59. The molecule has 0 atom stereocenters. The molecule has 0 unspecified atom stereocenters. The van der Waals surface area contributed by atoms with Gasteiger partial charge in [-0.25, -0.2) is 9.97 Å². The van der Waals surface area contributed by atoms with E-state index in [9.17, 15) is 0 Å². The topological polar surface area (TPSA) is 57.7 Å². The van der Waals surface area contributed by atoms with E-state index >= 15 is 0 Å². The number of hydrogen-bond acceptors (Lipinski definition) is 4. The Morgan fingerprint density at radius 2 is 2.12 bits per heavy atom. The van der Waals surface area contributed by atoms with Gasteiger partial charge in [0.15, 0.2) is 0 Å². The standard InChI is InChI=1S/C11H14ClN5/c1-8(2)17(6-9-3-14-7-15-9)11-5-13-4-10(12)16-11/h3-5,7-8H,6H2,1-2H3,(H,14,15). The number of hydrogen-bond donors (Lipinski definition) is 1. The van der Waals surface area contributed by atoms with E-state index in [1.54, 1.807) is 18.7 Å². The highest BCUT2D eigenvalue weighted by molar-refractivity contribution is 6.29. The van der Waals surface area contributed by atoms with Crippen molar-refractivity contribution in [3.8, 4) is 0 Å². The summed E-state index contributed by atoms with van der Waals surface area (Å²) in [4.78, 5) is 17.5. The van der Waals surface area contributed by atoms with Crippen molar-refractivity contribution < 1.29 is 0 Å². The van der Waals surface area contributed by atoms with E-state index in [0.717, 1.165) is 11.5 Å². The fraction of sp³-hybridized carbons (Fsp3) is 0.364. The van der Waals surface area contributed by atoms with Crippen LogP contribution in [0.3, 0.4) is 0 Å². The fourth-order valence-corrected chi connectivity index (χ4v) is 1.70. The predicted octanol–water partition coefficient (Wildman–Crippen LogP) is 2.27. The Balaban J connectivity index is 2.23. The van der Waals surface area contributed by atoms with Crippen molar-refractivity contribution in [1.82, 2.24) is 19.9 Å².